The molecule has 0 saturated carbocycles. The van der Waals surface area contributed by atoms with Gasteiger partial charge in [-0.2, -0.15) is 0 Å². The van der Waals surface area contributed by atoms with Crippen molar-refractivity contribution < 1.29 is 18.5 Å². The van der Waals surface area contributed by atoms with E-state index in [1.54, 1.807) is 24.3 Å². The van der Waals surface area contributed by atoms with Crippen molar-refractivity contribution in [1.29, 1.82) is 0 Å². The zero-order chi connectivity index (χ0) is 23.5. The molecule has 34 heavy (non-hydrogen) atoms. The highest BCUT2D eigenvalue weighted by Gasteiger charge is 2.22. The maximum absolute atomic E-state index is 13.4. The number of nitro benzene ring substituents is 1. The lowest BCUT2D eigenvalue weighted by atomic mass is 10.2. The van der Waals surface area contributed by atoms with Gasteiger partial charge in [-0.25, -0.2) is 4.39 Å². The summed E-state index contributed by atoms with van der Waals surface area (Å²) >= 11 is 1.39. The molecule has 5 rings (SSSR count). The lowest BCUT2D eigenvalue weighted by Gasteiger charge is -2.14. The molecular weight excluding hydrogens is 463 g/mol. The second kappa shape index (κ2) is 9.69. The van der Waals surface area contributed by atoms with Crippen molar-refractivity contribution in [1.82, 2.24) is 25.0 Å². The monoisotopic (exact) mass is 482 g/mol. The molecule has 1 unspecified atom stereocenters. The van der Waals surface area contributed by atoms with E-state index in [4.69, 9.17) is 9.15 Å². The standard InChI is InChI=1S/C22H19FN6O4S/c23-16-7-3-14(4-8-16)20-25-27-22(28(20)12-18-2-1-11-32-18)34-13-19-24-26-21(33-19)15-5-9-17(10-6-15)29(30)31/h3-10,18H,1-2,11-13H2. The molecular formula is C22H19FN6O4S. The summed E-state index contributed by atoms with van der Waals surface area (Å²) in [6.45, 7) is 1.31. The molecule has 0 spiro atoms. The third-order valence-electron chi connectivity index (χ3n) is 5.35. The van der Waals surface area contributed by atoms with Crippen LogP contribution in [0, 0.1) is 15.9 Å². The van der Waals surface area contributed by atoms with Crippen LogP contribution in [0.4, 0.5) is 10.1 Å². The second-order valence-electron chi connectivity index (χ2n) is 7.65. The molecule has 12 heteroatoms. The largest absolute Gasteiger partial charge is 0.420 e. The molecule has 174 valence electrons. The first-order chi connectivity index (χ1) is 16.6. The van der Waals surface area contributed by atoms with E-state index in [1.807, 2.05) is 4.57 Å². The van der Waals surface area contributed by atoms with Gasteiger partial charge in [0, 0.05) is 29.9 Å². The van der Waals surface area contributed by atoms with Crippen LogP contribution in [0.1, 0.15) is 18.7 Å². The van der Waals surface area contributed by atoms with Crippen LogP contribution in [0.2, 0.25) is 0 Å². The van der Waals surface area contributed by atoms with Crippen LogP contribution in [-0.2, 0) is 17.0 Å². The van der Waals surface area contributed by atoms with E-state index < -0.39 is 4.92 Å². The minimum Gasteiger partial charge on any atom is -0.420 e. The summed E-state index contributed by atoms with van der Waals surface area (Å²) in [5.74, 6) is 1.33. The van der Waals surface area contributed by atoms with Crippen molar-refractivity contribution in [2.24, 2.45) is 0 Å². The first kappa shape index (κ1) is 22.2. The fourth-order valence-corrected chi connectivity index (χ4v) is 4.43. The molecule has 4 aromatic rings. The molecule has 1 aliphatic rings. The summed E-state index contributed by atoms with van der Waals surface area (Å²) in [5.41, 5.74) is 1.34. The molecule has 2 aromatic heterocycles. The van der Waals surface area contributed by atoms with E-state index in [2.05, 4.69) is 20.4 Å². The molecule has 0 aliphatic carbocycles. The van der Waals surface area contributed by atoms with Crippen LogP contribution in [0.25, 0.3) is 22.8 Å². The number of non-ortho nitro benzene ring substituents is 1. The zero-order valence-corrected chi connectivity index (χ0v) is 18.7. The minimum atomic E-state index is -0.466. The Kier molecular flexibility index (Phi) is 6.32. The van der Waals surface area contributed by atoms with E-state index in [9.17, 15) is 14.5 Å². The SMILES string of the molecule is O=[N+]([O-])c1ccc(-c2nnc(CSc3nnc(-c4ccc(F)cc4)n3CC3CCCO3)o2)cc1. The molecule has 0 bridgehead atoms. The molecule has 1 atom stereocenters. The van der Waals surface area contributed by atoms with Gasteiger partial charge in [-0.15, -0.1) is 20.4 Å². The van der Waals surface area contributed by atoms with Gasteiger partial charge in [0.1, 0.15) is 5.82 Å². The molecule has 0 radical (unpaired) electrons. The van der Waals surface area contributed by atoms with Gasteiger partial charge in [-0.1, -0.05) is 11.8 Å². The van der Waals surface area contributed by atoms with Gasteiger partial charge in [-0.05, 0) is 49.2 Å². The summed E-state index contributed by atoms with van der Waals surface area (Å²) < 4.78 is 26.9. The van der Waals surface area contributed by atoms with Gasteiger partial charge < -0.3 is 9.15 Å². The smallest absolute Gasteiger partial charge is 0.269 e. The normalized spacial score (nSPS) is 15.6. The molecule has 10 nitrogen and oxygen atoms in total. The van der Waals surface area contributed by atoms with Crippen molar-refractivity contribution in [2.45, 2.75) is 36.4 Å². The fourth-order valence-electron chi connectivity index (χ4n) is 3.65. The number of benzene rings is 2. The number of nitro groups is 1. The van der Waals surface area contributed by atoms with E-state index in [-0.39, 0.29) is 23.5 Å². The molecule has 2 aromatic carbocycles. The number of hydrogen-bond donors (Lipinski definition) is 0. The van der Waals surface area contributed by atoms with Crippen LogP contribution in [0.15, 0.2) is 58.1 Å². The highest BCUT2D eigenvalue weighted by atomic mass is 32.2. The van der Waals surface area contributed by atoms with E-state index >= 15 is 0 Å². The summed E-state index contributed by atoms with van der Waals surface area (Å²) in [6, 6.07) is 12.0. The van der Waals surface area contributed by atoms with Gasteiger partial charge in [0.25, 0.3) is 5.69 Å². The number of hydrogen-bond acceptors (Lipinski definition) is 9. The Balaban J connectivity index is 1.34. The number of rotatable bonds is 8. The van der Waals surface area contributed by atoms with Gasteiger partial charge in [0.05, 0.1) is 23.3 Å². The molecule has 1 fully saturated rings. The first-order valence-corrected chi connectivity index (χ1v) is 11.6. The van der Waals surface area contributed by atoms with Crippen LogP contribution >= 0.6 is 11.8 Å². The van der Waals surface area contributed by atoms with Crippen molar-refractivity contribution >= 4 is 17.4 Å². The van der Waals surface area contributed by atoms with Crippen LogP contribution in [0.3, 0.4) is 0 Å². The molecule has 1 aliphatic heterocycles. The Hall–Kier alpha value is -3.64. The van der Waals surface area contributed by atoms with E-state index in [1.165, 1.54) is 36.0 Å². The van der Waals surface area contributed by atoms with Gasteiger partial charge >= 0.3 is 0 Å². The highest BCUT2D eigenvalue weighted by molar-refractivity contribution is 7.98. The number of ether oxygens (including phenoxy) is 1. The van der Waals surface area contributed by atoms with Crippen LogP contribution in [0.5, 0.6) is 0 Å². The summed E-state index contributed by atoms with van der Waals surface area (Å²) in [7, 11) is 0. The Morgan fingerprint density at radius 1 is 1.06 bits per heavy atom. The maximum Gasteiger partial charge on any atom is 0.269 e. The third-order valence-corrected chi connectivity index (χ3v) is 6.30. The second-order valence-corrected chi connectivity index (χ2v) is 8.59. The molecule has 3 heterocycles. The Morgan fingerprint density at radius 2 is 1.82 bits per heavy atom. The molecule has 0 amide bonds. The number of halogens is 1. The van der Waals surface area contributed by atoms with Crippen LogP contribution < -0.4 is 0 Å². The lowest BCUT2D eigenvalue weighted by molar-refractivity contribution is -0.384. The fraction of sp³-hybridized carbons (Fsp3) is 0.273. The predicted octanol–water partition coefficient (Wildman–Crippen LogP) is 4.51. The zero-order valence-electron chi connectivity index (χ0n) is 17.8. The Labute approximate surface area is 197 Å². The van der Waals surface area contributed by atoms with Crippen molar-refractivity contribution in [3.05, 3.63) is 70.4 Å². The summed E-state index contributed by atoms with van der Waals surface area (Å²) in [4.78, 5) is 10.4. The van der Waals surface area contributed by atoms with Crippen molar-refractivity contribution in [3.63, 3.8) is 0 Å². The van der Waals surface area contributed by atoms with Crippen molar-refractivity contribution in [3.8, 4) is 22.8 Å². The topological polar surface area (TPSA) is 122 Å². The predicted molar refractivity (Wildman–Crippen MR) is 120 cm³/mol. The lowest BCUT2D eigenvalue weighted by Crippen LogP contribution is -2.16. The molecule has 1 saturated heterocycles. The van der Waals surface area contributed by atoms with Gasteiger partial charge in [-0.3, -0.25) is 14.7 Å². The van der Waals surface area contributed by atoms with Crippen LogP contribution in [-0.4, -0.2) is 42.6 Å². The van der Waals surface area contributed by atoms with E-state index in [0.29, 0.717) is 34.7 Å². The molecule has 0 N–H and O–H groups in total. The average Bonchev–Trinajstić information content (AvgIpc) is 3.61. The minimum absolute atomic E-state index is 0.0124. The number of thioether (sulfide) groups is 1. The number of aromatic nitrogens is 5. The third kappa shape index (κ3) is 4.82. The van der Waals surface area contributed by atoms with Gasteiger partial charge in [0.2, 0.25) is 11.8 Å². The summed E-state index contributed by atoms with van der Waals surface area (Å²) in [6.07, 6.45) is 2.02. The quantitative estimate of drug-likeness (QED) is 0.203. The maximum atomic E-state index is 13.4. The highest BCUT2D eigenvalue weighted by Crippen LogP contribution is 2.29. The number of nitrogens with zero attached hydrogens (tertiary/aromatic N) is 6. The van der Waals surface area contributed by atoms with Gasteiger partial charge in [0.15, 0.2) is 11.0 Å². The first-order valence-electron chi connectivity index (χ1n) is 10.6. The van der Waals surface area contributed by atoms with Crippen molar-refractivity contribution in [2.75, 3.05) is 6.61 Å². The Morgan fingerprint density at radius 3 is 2.53 bits per heavy atom. The van der Waals surface area contributed by atoms with E-state index in [0.717, 1.165) is 25.0 Å². The summed E-state index contributed by atoms with van der Waals surface area (Å²) in [5, 5.41) is 28.3. The average molecular weight is 482 g/mol. The Bertz CT molecular complexity index is 1290.